The summed E-state index contributed by atoms with van der Waals surface area (Å²) in [5.74, 6) is 1.56. The normalized spacial score (nSPS) is 13.6. The van der Waals surface area contributed by atoms with E-state index in [0.717, 1.165) is 10.2 Å². The predicted molar refractivity (Wildman–Crippen MR) is 104 cm³/mol. The molecule has 0 saturated carbocycles. The maximum atomic E-state index is 12.8. The van der Waals surface area contributed by atoms with E-state index in [0.29, 0.717) is 47.4 Å². The predicted octanol–water partition coefficient (Wildman–Crippen LogP) is 3.41. The van der Waals surface area contributed by atoms with Gasteiger partial charge in [-0.15, -0.1) is 6.58 Å². The maximum Gasteiger partial charge on any atom is 0.283 e. The largest absolute Gasteiger partial charge is 0.496 e. The standard InChI is InChI=1S/C20H18N2O4S/c1-3-8-22-14-11-16-17(26-10-9-25-16)12-18(14)27-20(22)21-19(23)13-6-4-5-7-15(13)24-2/h3-7,11-12H,1,8-10H2,2H3. The van der Waals surface area contributed by atoms with Crippen molar-refractivity contribution in [3.63, 3.8) is 0 Å². The fourth-order valence-electron chi connectivity index (χ4n) is 2.97. The van der Waals surface area contributed by atoms with Crippen LogP contribution in [0.25, 0.3) is 10.2 Å². The Morgan fingerprint density at radius 2 is 2.04 bits per heavy atom. The van der Waals surface area contributed by atoms with Gasteiger partial charge in [-0.25, -0.2) is 0 Å². The second-order valence-corrected chi connectivity index (χ2v) is 6.87. The smallest absolute Gasteiger partial charge is 0.283 e. The molecule has 4 rings (SSSR count). The monoisotopic (exact) mass is 382 g/mol. The van der Waals surface area contributed by atoms with Crippen molar-refractivity contribution in [2.24, 2.45) is 4.99 Å². The summed E-state index contributed by atoms with van der Waals surface area (Å²) in [7, 11) is 1.54. The maximum absolute atomic E-state index is 12.8. The topological polar surface area (TPSA) is 62.1 Å². The van der Waals surface area contributed by atoms with E-state index in [9.17, 15) is 4.79 Å². The van der Waals surface area contributed by atoms with E-state index in [1.165, 1.54) is 18.4 Å². The van der Waals surface area contributed by atoms with Crippen LogP contribution in [-0.2, 0) is 6.54 Å². The van der Waals surface area contributed by atoms with Crippen LogP contribution in [0.1, 0.15) is 10.4 Å². The number of nitrogens with zero attached hydrogens (tertiary/aromatic N) is 2. The van der Waals surface area contributed by atoms with E-state index < -0.39 is 0 Å². The van der Waals surface area contributed by atoms with Crippen LogP contribution in [0, 0.1) is 0 Å². The molecule has 1 aliphatic heterocycles. The molecule has 2 aromatic carbocycles. The zero-order valence-corrected chi connectivity index (χ0v) is 15.6. The number of amides is 1. The van der Waals surface area contributed by atoms with Crippen molar-refractivity contribution in [2.45, 2.75) is 6.54 Å². The molecule has 0 N–H and O–H groups in total. The van der Waals surface area contributed by atoms with E-state index in [1.54, 1.807) is 24.3 Å². The number of hydrogen-bond donors (Lipinski definition) is 0. The van der Waals surface area contributed by atoms with Gasteiger partial charge in [-0.1, -0.05) is 29.5 Å². The number of methoxy groups -OCH3 is 1. The highest BCUT2D eigenvalue weighted by Crippen LogP contribution is 2.35. The molecule has 0 saturated heterocycles. The lowest BCUT2D eigenvalue weighted by Crippen LogP contribution is -2.17. The van der Waals surface area contributed by atoms with E-state index >= 15 is 0 Å². The molecule has 3 aromatic rings. The number of carbonyl (C=O) groups excluding carboxylic acids is 1. The third-order valence-corrected chi connectivity index (χ3v) is 5.23. The number of rotatable bonds is 4. The van der Waals surface area contributed by atoms with Crippen molar-refractivity contribution in [2.75, 3.05) is 20.3 Å². The number of thiazole rings is 1. The van der Waals surface area contributed by atoms with Gasteiger partial charge in [0.2, 0.25) is 0 Å². The van der Waals surface area contributed by atoms with E-state index in [4.69, 9.17) is 14.2 Å². The van der Waals surface area contributed by atoms with Gasteiger partial charge in [0.05, 0.1) is 22.9 Å². The molecule has 0 unspecified atom stereocenters. The molecule has 0 bridgehead atoms. The summed E-state index contributed by atoms with van der Waals surface area (Å²) in [4.78, 5) is 17.7. The summed E-state index contributed by atoms with van der Waals surface area (Å²) in [5, 5.41) is 0. The van der Waals surface area contributed by atoms with Gasteiger partial charge in [0.1, 0.15) is 19.0 Å². The van der Waals surface area contributed by atoms with E-state index in [-0.39, 0.29) is 5.91 Å². The molecule has 1 aromatic heterocycles. The number of carbonyl (C=O) groups is 1. The fourth-order valence-corrected chi connectivity index (χ4v) is 4.01. The minimum absolute atomic E-state index is 0.353. The van der Waals surface area contributed by atoms with Gasteiger partial charge in [-0.3, -0.25) is 4.79 Å². The highest BCUT2D eigenvalue weighted by atomic mass is 32.1. The average molecular weight is 382 g/mol. The number of para-hydroxylation sites is 1. The molecular weight excluding hydrogens is 364 g/mol. The molecule has 6 nitrogen and oxygen atoms in total. The minimum Gasteiger partial charge on any atom is -0.496 e. The molecule has 27 heavy (non-hydrogen) atoms. The summed E-state index contributed by atoms with van der Waals surface area (Å²) in [6.07, 6.45) is 1.77. The zero-order chi connectivity index (χ0) is 18.8. The third kappa shape index (κ3) is 3.21. The number of benzene rings is 2. The highest BCUT2D eigenvalue weighted by Gasteiger charge is 2.17. The zero-order valence-electron chi connectivity index (χ0n) is 14.8. The Kier molecular flexibility index (Phi) is 4.68. The summed E-state index contributed by atoms with van der Waals surface area (Å²) in [6.45, 7) is 5.39. The molecule has 1 amide bonds. The van der Waals surface area contributed by atoms with Crippen molar-refractivity contribution in [3.05, 3.63) is 59.4 Å². The lowest BCUT2D eigenvalue weighted by atomic mass is 10.2. The summed E-state index contributed by atoms with van der Waals surface area (Å²) >= 11 is 1.42. The second-order valence-electron chi connectivity index (χ2n) is 5.86. The van der Waals surface area contributed by atoms with E-state index in [2.05, 4.69) is 11.6 Å². The van der Waals surface area contributed by atoms with Gasteiger partial charge >= 0.3 is 0 Å². The highest BCUT2D eigenvalue weighted by molar-refractivity contribution is 7.16. The molecule has 0 radical (unpaired) electrons. The van der Waals surface area contributed by atoms with Gasteiger partial charge < -0.3 is 18.8 Å². The summed E-state index contributed by atoms with van der Waals surface area (Å²) < 4.78 is 19.5. The molecule has 0 spiro atoms. The quantitative estimate of drug-likeness (QED) is 0.649. The van der Waals surface area contributed by atoms with Gasteiger partial charge in [0.25, 0.3) is 5.91 Å². The van der Waals surface area contributed by atoms with Crippen LogP contribution in [0.5, 0.6) is 17.2 Å². The first-order valence-corrected chi connectivity index (χ1v) is 9.29. The van der Waals surface area contributed by atoms with Crippen LogP contribution >= 0.6 is 11.3 Å². The first-order chi connectivity index (χ1) is 13.2. The van der Waals surface area contributed by atoms with Crippen LogP contribution < -0.4 is 19.0 Å². The third-order valence-electron chi connectivity index (χ3n) is 4.19. The minimum atomic E-state index is -0.353. The molecule has 0 aliphatic carbocycles. The van der Waals surface area contributed by atoms with Crippen molar-refractivity contribution >= 4 is 27.5 Å². The van der Waals surface area contributed by atoms with Crippen molar-refractivity contribution in [1.82, 2.24) is 4.57 Å². The fraction of sp³-hybridized carbons (Fsp3) is 0.200. The number of hydrogen-bond acceptors (Lipinski definition) is 5. The Morgan fingerprint density at radius 1 is 1.30 bits per heavy atom. The van der Waals surface area contributed by atoms with Gasteiger partial charge in [0.15, 0.2) is 16.3 Å². The molecule has 138 valence electrons. The molecule has 7 heteroatoms. The van der Waals surface area contributed by atoms with Gasteiger partial charge in [-0.05, 0) is 12.1 Å². The van der Waals surface area contributed by atoms with Gasteiger partial charge in [0, 0.05) is 18.7 Å². The molecule has 1 aliphatic rings. The number of fused-ring (bicyclic) bond motifs is 2. The Morgan fingerprint density at radius 3 is 2.78 bits per heavy atom. The van der Waals surface area contributed by atoms with Crippen molar-refractivity contribution < 1.29 is 19.0 Å². The Bertz CT molecular complexity index is 1100. The molecule has 0 fully saturated rings. The summed E-state index contributed by atoms with van der Waals surface area (Å²) in [6, 6.07) is 10.9. The molecule has 0 atom stereocenters. The van der Waals surface area contributed by atoms with Crippen LogP contribution in [0.15, 0.2) is 54.0 Å². The number of aromatic nitrogens is 1. The first-order valence-electron chi connectivity index (χ1n) is 8.47. The van der Waals surface area contributed by atoms with Crippen LogP contribution in [0.2, 0.25) is 0 Å². The van der Waals surface area contributed by atoms with Crippen LogP contribution in [0.4, 0.5) is 0 Å². The number of allylic oxidation sites excluding steroid dienone is 1. The second kappa shape index (κ2) is 7.28. The Labute approximate surface area is 159 Å². The Hall–Kier alpha value is -3.06. The van der Waals surface area contributed by atoms with Crippen LogP contribution in [-0.4, -0.2) is 30.8 Å². The molecule has 2 heterocycles. The average Bonchev–Trinajstić information content (AvgIpc) is 3.02. The van der Waals surface area contributed by atoms with Gasteiger partial charge in [-0.2, -0.15) is 4.99 Å². The number of ether oxygens (including phenoxy) is 3. The van der Waals surface area contributed by atoms with Crippen molar-refractivity contribution in [3.8, 4) is 17.2 Å². The van der Waals surface area contributed by atoms with Crippen molar-refractivity contribution in [1.29, 1.82) is 0 Å². The Balaban J connectivity index is 1.87. The summed E-state index contributed by atoms with van der Waals surface area (Å²) in [5.41, 5.74) is 1.35. The lowest BCUT2D eigenvalue weighted by Gasteiger charge is -2.18. The SMILES string of the molecule is C=CCn1c(=NC(=O)c2ccccc2OC)sc2cc3c(cc21)OCCO3. The first kappa shape index (κ1) is 17.4. The molecular formula is C20H18N2O4S. The van der Waals surface area contributed by atoms with Crippen LogP contribution in [0.3, 0.4) is 0 Å². The lowest BCUT2D eigenvalue weighted by molar-refractivity contribution is 0.0995. The van der Waals surface area contributed by atoms with E-state index in [1.807, 2.05) is 22.8 Å².